The molecule has 7 heteroatoms. The molecule has 0 radical (unpaired) electrons. The zero-order chi connectivity index (χ0) is 15.3. The van der Waals surface area contributed by atoms with Gasteiger partial charge in [-0.3, -0.25) is 0 Å². The summed E-state index contributed by atoms with van der Waals surface area (Å²) in [5.74, 6) is 0.751. The minimum atomic E-state index is -3.51. The average molecular weight is 327 g/mol. The maximum atomic E-state index is 12.1. The molecule has 0 unspecified atom stereocenters. The number of rotatable bonds is 7. The zero-order valence-electron chi connectivity index (χ0n) is 11.6. The van der Waals surface area contributed by atoms with Crippen LogP contribution in [-0.4, -0.2) is 27.2 Å². The number of aliphatic hydroxyl groups excluding tert-OH is 1. The average Bonchev–Trinajstić information content (AvgIpc) is 2.97. The summed E-state index contributed by atoms with van der Waals surface area (Å²) in [5.41, 5.74) is 0.999. The van der Waals surface area contributed by atoms with Gasteiger partial charge in [-0.05, 0) is 36.2 Å². The second-order valence-electron chi connectivity index (χ2n) is 4.38. The van der Waals surface area contributed by atoms with Crippen molar-refractivity contribution < 1.29 is 18.3 Å². The van der Waals surface area contributed by atoms with Gasteiger partial charge in [0.25, 0.3) is 0 Å². The van der Waals surface area contributed by atoms with Crippen LogP contribution in [0, 0.1) is 0 Å². The first kappa shape index (κ1) is 16.0. The van der Waals surface area contributed by atoms with Gasteiger partial charge in [-0.1, -0.05) is 12.1 Å². The number of nitrogens with one attached hydrogen (secondary N) is 1. The van der Waals surface area contributed by atoms with Crippen LogP contribution in [0.2, 0.25) is 0 Å². The maximum Gasteiger partial charge on any atom is 0.250 e. The van der Waals surface area contributed by atoms with Crippen molar-refractivity contribution in [3.63, 3.8) is 0 Å². The Morgan fingerprint density at radius 3 is 2.76 bits per heavy atom. The quantitative estimate of drug-likeness (QED) is 0.813. The lowest BCUT2D eigenvalue weighted by atomic mass is 10.1. The fraction of sp³-hybridized carbons (Fsp3) is 0.286. The van der Waals surface area contributed by atoms with Gasteiger partial charge < -0.3 is 9.84 Å². The lowest BCUT2D eigenvalue weighted by molar-refractivity contribution is 0.285. The van der Waals surface area contributed by atoms with Gasteiger partial charge in [0.05, 0.1) is 13.7 Å². The van der Waals surface area contributed by atoms with Crippen LogP contribution in [0.5, 0.6) is 5.75 Å². The molecule has 0 bridgehead atoms. The Bertz CT molecular complexity index is 695. The van der Waals surface area contributed by atoms with Crippen LogP contribution >= 0.6 is 11.3 Å². The molecule has 1 heterocycles. The third-order valence-corrected chi connectivity index (χ3v) is 5.92. The van der Waals surface area contributed by atoms with Crippen molar-refractivity contribution in [2.45, 2.75) is 17.2 Å². The van der Waals surface area contributed by atoms with Crippen LogP contribution in [0.1, 0.15) is 10.4 Å². The number of benzene rings is 1. The molecule has 0 aliphatic heterocycles. The predicted molar refractivity (Wildman–Crippen MR) is 82.1 cm³/mol. The van der Waals surface area contributed by atoms with Gasteiger partial charge >= 0.3 is 0 Å². The van der Waals surface area contributed by atoms with E-state index >= 15 is 0 Å². The molecule has 0 saturated heterocycles. The second-order valence-corrected chi connectivity index (χ2v) is 7.54. The molecule has 0 aliphatic carbocycles. The van der Waals surface area contributed by atoms with Crippen molar-refractivity contribution in [2.75, 3.05) is 13.7 Å². The topological polar surface area (TPSA) is 75.6 Å². The monoisotopic (exact) mass is 327 g/mol. The summed E-state index contributed by atoms with van der Waals surface area (Å²) < 4.78 is 32.0. The van der Waals surface area contributed by atoms with Crippen LogP contribution in [0.15, 0.2) is 40.6 Å². The fourth-order valence-corrected chi connectivity index (χ4v) is 4.11. The van der Waals surface area contributed by atoms with Gasteiger partial charge in [-0.2, -0.15) is 0 Å². The van der Waals surface area contributed by atoms with E-state index in [0.29, 0.717) is 17.8 Å². The number of methoxy groups -OCH3 is 1. The van der Waals surface area contributed by atoms with E-state index in [0.717, 1.165) is 22.6 Å². The first-order chi connectivity index (χ1) is 10.0. The molecule has 0 saturated carbocycles. The number of sulfonamides is 1. The molecule has 2 rings (SSSR count). The normalized spacial score (nSPS) is 11.5. The molecule has 0 amide bonds. The van der Waals surface area contributed by atoms with Crippen molar-refractivity contribution in [1.82, 2.24) is 4.72 Å². The van der Waals surface area contributed by atoms with Crippen molar-refractivity contribution in [3.8, 4) is 5.75 Å². The highest BCUT2D eigenvalue weighted by atomic mass is 32.2. The Morgan fingerprint density at radius 2 is 2.10 bits per heavy atom. The SMILES string of the molecule is COc1cccc(CCNS(=O)(=O)c2ccc(CO)s2)c1. The molecule has 1 aromatic heterocycles. The van der Waals surface area contributed by atoms with E-state index in [9.17, 15) is 8.42 Å². The Hall–Kier alpha value is -1.41. The second kappa shape index (κ2) is 7.04. The summed E-state index contributed by atoms with van der Waals surface area (Å²) in [5, 5.41) is 8.97. The van der Waals surface area contributed by atoms with Crippen molar-refractivity contribution in [1.29, 1.82) is 0 Å². The Kier molecular flexibility index (Phi) is 5.35. The molecular weight excluding hydrogens is 310 g/mol. The minimum Gasteiger partial charge on any atom is -0.497 e. The third kappa shape index (κ3) is 4.28. The molecule has 5 nitrogen and oxygen atoms in total. The number of ether oxygens (including phenoxy) is 1. The summed E-state index contributed by atoms with van der Waals surface area (Å²) in [7, 11) is -1.91. The van der Waals surface area contributed by atoms with Gasteiger partial charge in [0, 0.05) is 11.4 Å². The number of thiophene rings is 1. The lowest BCUT2D eigenvalue weighted by Crippen LogP contribution is -2.25. The van der Waals surface area contributed by atoms with E-state index in [-0.39, 0.29) is 10.8 Å². The van der Waals surface area contributed by atoms with Crippen LogP contribution < -0.4 is 9.46 Å². The van der Waals surface area contributed by atoms with E-state index in [2.05, 4.69) is 4.72 Å². The highest BCUT2D eigenvalue weighted by molar-refractivity contribution is 7.91. The molecule has 0 fully saturated rings. The first-order valence-corrected chi connectivity index (χ1v) is 8.67. The van der Waals surface area contributed by atoms with Crippen LogP contribution in [0.4, 0.5) is 0 Å². The smallest absolute Gasteiger partial charge is 0.250 e. The minimum absolute atomic E-state index is 0.149. The van der Waals surface area contributed by atoms with E-state index in [1.165, 1.54) is 6.07 Å². The Morgan fingerprint density at radius 1 is 1.29 bits per heavy atom. The highest BCUT2D eigenvalue weighted by Crippen LogP contribution is 2.21. The predicted octanol–water partition coefficient (Wildman–Crippen LogP) is 1.77. The van der Waals surface area contributed by atoms with Gasteiger partial charge in [0.1, 0.15) is 9.96 Å². The fourth-order valence-electron chi connectivity index (χ4n) is 1.82. The van der Waals surface area contributed by atoms with E-state index in [1.54, 1.807) is 13.2 Å². The van der Waals surface area contributed by atoms with Crippen LogP contribution in [0.3, 0.4) is 0 Å². The molecule has 114 valence electrons. The summed E-state index contributed by atoms with van der Waals surface area (Å²) in [6.45, 7) is 0.159. The molecule has 0 aliphatic rings. The van der Waals surface area contributed by atoms with Gasteiger partial charge in [-0.25, -0.2) is 13.1 Å². The highest BCUT2D eigenvalue weighted by Gasteiger charge is 2.16. The largest absolute Gasteiger partial charge is 0.497 e. The maximum absolute atomic E-state index is 12.1. The molecule has 21 heavy (non-hydrogen) atoms. The van der Waals surface area contributed by atoms with E-state index in [4.69, 9.17) is 9.84 Å². The van der Waals surface area contributed by atoms with E-state index < -0.39 is 10.0 Å². The number of hydrogen-bond acceptors (Lipinski definition) is 5. The molecule has 2 aromatic rings. The molecule has 2 N–H and O–H groups in total. The zero-order valence-corrected chi connectivity index (χ0v) is 13.2. The summed E-state index contributed by atoms with van der Waals surface area (Å²) in [6.07, 6.45) is 0.578. The summed E-state index contributed by atoms with van der Waals surface area (Å²) in [4.78, 5) is 0.628. The molecular formula is C14H17NO4S2. The van der Waals surface area contributed by atoms with Crippen LogP contribution in [-0.2, 0) is 23.1 Å². The number of aliphatic hydroxyl groups is 1. The van der Waals surface area contributed by atoms with Gasteiger partial charge in [0.15, 0.2) is 0 Å². The van der Waals surface area contributed by atoms with Gasteiger partial charge in [-0.15, -0.1) is 11.3 Å². The Labute approximate surface area is 128 Å². The summed E-state index contributed by atoms with van der Waals surface area (Å²) in [6, 6.07) is 10.6. The van der Waals surface area contributed by atoms with Crippen LogP contribution in [0.25, 0.3) is 0 Å². The van der Waals surface area contributed by atoms with E-state index in [1.807, 2.05) is 24.3 Å². The van der Waals surface area contributed by atoms with Crippen molar-refractivity contribution in [3.05, 3.63) is 46.8 Å². The first-order valence-electron chi connectivity index (χ1n) is 6.37. The van der Waals surface area contributed by atoms with Crippen molar-refractivity contribution in [2.24, 2.45) is 0 Å². The standard InChI is InChI=1S/C14H17NO4S2/c1-19-12-4-2-3-11(9-12)7-8-15-21(17,18)14-6-5-13(10-16)20-14/h2-6,9,15-16H,7-8,10H2,1H3. The number of hydrogen-bond donors (Lipinski definition) is 2. The molecule has 1 aromatic carbocycles. The lowest BCUT2D eigenvalue weighted by Gasteiger charge is -2.06. The Balaban J connectivity index is 1.95. The summed E-state index contributed by atoms with van der Waals surface area (Å²) >= 11 is 1.07. The van der Waals surface area contributed by atoms with Gasteiger partial charge in [0.2, 0.25) is 10.0 Å². The van der Waals surface area contributed by atoms with Crippen molar-refractivity contribution >= 4 is 21.4 Å². The molecule has 0 atom stereocenters. The molecule has 0 spiro atoms. The third-order valence-electron chi connectivity index (χ3n) is 2.90.